The van der Waals surface area contributed by atoms with Crippen LogP contribution in [0.5, 0.6) is 0 Å². The quantitative estimate of drug-likeness (QED) is 0.586. The summed E-state index contributed by atoms with van der Waals surface area (Å²) in [5.74, 6) is -1.12. The third-order valence-electron chi connectivity index (χ3n) is 5.69. The second-order valence-electron chi connectivity index (χ2n) is 7.40. The van der Waals surface area contributed by atoms with E-state index in [-0.39, 0.29) is 24.5 Å². The van der Waals surface area contributed by atoms with Crippen LogP contribution >= 0.6 is 12.4 Å². The number of aliphatic carboxylic acids is 1. The average Bonchev–Trinajstić information content (AvgIpc) is 2.76. The lowest BCUT2D eigenvalue weighted by molar-refractivity contribution is -0.146. The number of carboxylic acids is 1. The van der Waals surface area contributed by atoms with Crippen LogP contribution in [0.15, 0.2) is 91.0 Å². The molecule has 3 nitrogen and oxygen atoms in total. The monoisotopic (exact) mass is 407 g/mol. The zero-order chi connectivity index (χ0) is 19.3. The summed E-state index contributed by atoms with van der Waals surface area (Å²) in [5.41, 5.74) is 3.47. The summed E-state index contributed by atoms with van der Waals surface area (Å²) in [6.07, 6.45) is 1.60. The highest BCUT2D eigenvalue weighted by Crippen LogP contribution is 2.43. The molecule has 1 fully saturated rings. The van der Waals surface area contributed by atoms with Crippen LogP contribution < -0.4 is 0 Å². The number of nitrogens with zero attached hydrogens (tertiary/aromatic N) is 1. The number of hydrogen-bond acceptors (Lipinski definition) is 2. The Labute approximate surface area is 178 Å². The smallest absolute Gasteiger partial charge is 0.308 e. The minimum atomic E-state index is -0.710. The molecule has 150 valence electrons. The molecule has 4 rings (SSSR count). The third kappa shape index (κ3) is 4.52. The first-order valence-corrected chi connectivity index (χ1v) is 9.89. The van der Waals surface area contributed by atoms with E-state index in [1.165, 1.54) is 11.1 Å². The number of halogens is 1. The zero-order valence-corrected chi connectivity index (χ0v) is 17.0. The molecule has 0 saturated carbocycles. The van der Waals surface area contributed by atoms with Gasteiger partial charge >= 0.3 is 5.97 Å². The summed E-state index contributed by atoms with van der Waals surface area (Å²) >= 11 is 0. The van der Waals surface area contributed by atoms with E-state index in [0.29, 0.717) is 6.42 Å². The molecular weight excluding hydrogens is 382 g/mol. The maximum atomic E-state index is 12.2. The molecule has 0 spiro atoms. The van der Waals surface area contributed by atoms with E-state index < -0.39 is 11.9 Å². The van der Waals surface area contributed by atoms with Crippen molar-refractivity contribution in [3.8, 4) is 0 Å². The van der Waals surface area contributed by atoms with Crippen LogP contribution in [0.2, 0.25) is 0 Å². The van der Waals surface area contributed by atoms with Crippen LogP contribution in [-0.2, 0) is 4.79 Å². The minimum absolute atomic E-state index is 0. The van der Waals surface area contributed by atoms with E-state index in [2.05, 4.69) is 65.6 Å². The molecule has 0 amide bonds. The molecule has 4 heteroatoms. The third-order valence-corrected chi connectivity index (χ3v) is 5.69. The van der Waals surface area contributed by atoms with Crippen molar-refractivity contribution in [1.29, 1.82) is 0 Å². The van der Waals surface area contributed by atoms with Gasteiger partial charge in [0.15, 0.2) is 0 Å². The maximum absolute atomic E-state index is 12.2. The predicted molar refractivity (Wildman–Crippen MR) is 118 cm³/mol. The average molecular weight is 408 g/mol. The molecule has 1 saturated heterocycles. The summed E-state index contributed by atoms with van der Waals surface area (Å²) in [7, 11) is 0. The van der Waals surface area contributed by atoms with Gasteiger partial charge in [-0.25, -0.2) is 0 Å². The normalized spacial score (nSPS) is 19.5. The summed E-state index contributed by atoms with van der Waals surface area (Å²) in [6, 6.07) is 30.8. The second kappa shape index (κ2) is 9.73. The van der Waals surface area contributed by atoms with Crippen LogP contribution in [0.4, 0.5) is 0 Å². The van der Waals surface area contributed by atoms with Crippen LogP contribution in [0, 0.1) is 5.92 Å². The second-order valence-corrected chi connectivity index (χ2v) is 7.40. The van der Waals surface area contributed by atoms with Crippen molar-refractivity contribution < 1.29 is 9.90 Å². The first-order valence-electron chi connectivity index (χ1n) is 9.89. The Kier molecular flexibility index (Phi) is 7.08. The van der Waals surface area contributed by atoms with Gasteiger partial charge in [0.25, 0.3) is 0 Å². The van der Waals surface area contributed by atoms with Gasteiger partial charge in [0.2, 0.25) is 0 Å². The molecular formula is C25H26ClNO2. The van der Waals surface area contributed by atoms with Gasteiger partial charge < -0.3 is 5.11 Å². The molecule has 1 N–H and O–H groups in total. The van der Waals surface area contributed by atoms with Crippen molar-refractivity contribution in [2.45, 2.75) is 24.9 Å². The Morgan fingerprint density at radius 2 is 1.31 bits per heavy atom. The summed E-state index contributed by atoms with van der Waals surface area (Å²) in [6.45, 7) is 0.873. The molecule has 2 unspecified atom stereocenters. The van der Waals surface area contributed by atoms with E-state index in [1.54, 1.807) is 0 Å². The number of benzene rings is 3. The van der Waals surface area contributed by atoms with Crippen molar-refractivity contribution in [2.24, 2.45) is 5.92 Å². The lowest BCUT2D eigenvalue weighted by Gasteiger charge is -2.44. The van der Waals surface area contributed by atoms with Gasteiger partial charge in [-0.3, -0.25) is 9.69 Å². The molecule has 0 aromatic heterocycles. The van der Waals surface area contributed by atoms with E-state index in [1.807, 2.05) is 30.3 Å². The number of carbonyl (C=O) groups is 1. The van der Waals surface area contributed by atoms with E-state index in [0.717, 1.165) is 18.5 Å². The van der Waals surface area contributed by atoms with Crippen LogP contribution in [0.25, 0.3) is 0 Å². The fourth-order valence-corrected chi connectivity index (χ4v) is 4.49. The number of hydrogen-bond donors (Lipinski definition) is 1. The Morgan fingerprint density at radius 1 is 0.828 bits per heavy atom. The molecule has 0 radical (unpaired) electrons. The molecule has 0 bridgehead atoms. The van der Waals surface area contributed by atoms with Gasteiger partial charge in [-0.05, 0) is 36.1 Å². The maximum Gasteiger partial charge on any atom is 0.308 e. The molecule has 3 aromatic rings. The van der Waals surface area contributed by atoms with Crippen molar-refractivity contribution in [2.75, 3.05) is 6.54 Å². The lowest BCUT2D eigenvalue weighted by atomic mass is 9.82. The predicted octanol–water partition coefficient (Wildman–Crippen LogP) is 5.74. The van der Waals surface area contributed by atoms with Gasteiger partial charge in [-0.15, -0.1) is 12.4 Å². The summed E-state index contributed by atoms with van der Waals surface area (Å²) in [4.78, 5) is 14.5. The number of likely N-dealkylation sites (tertiary alicyclic amines) is 1. The molecule has 1 heterocycles. The molecule has 1 aliphatic heterocycles. The SMILES string of the molecule is Cl.O=C(O)C1CCCN(C(c2ccccc2)c2ccccc2)C1c1ccccc1. The van der Waals surface area contributed by atoms with Crippen molar-refractivity contribution in [1.82, 2.24) is 4.90 Å². The van der Waals surface area contributed by atoms with Crippen LogP contribution in [-0.4, -0.2) is 22.5 Å². The Balaban J connectivity index is 0.00000240. The van der Waals surface area contributed by atoms with E-state index in [9.17, 15) is 9.90 Å². The zero-order valence-electron chi connectivity index (χ0n) is 16.2. The lowest BCUT2D eigenvalue weighted by Crippen LogP contribution is -2.44. The molecule has 29 heavy (non-hydrogen) atoms. The van der Waals surface area contributed by atoms with E-state index >= 15 is 0 Å². The Hall–Kier alpha value is -2.62. The van der Waals surface area contributed by atoms with Crippen molar-refractivity contribution in [3.63, 3.8) is 0 Å². The van der Waals surface area contributed by atoms with Crippen LogP contribution in [0.3, 0.4) is 0 Å². The molecule has 3 aromatic carbocycles. The van der Waals surface area contributed by atoms with Gasteiger partial charge in [0.1, 0.15) is 0 Å². The topological polar surface area (TPSA) is 40.5 Å². The van der Waals surface area contributed by atoms with Gasteiger partial charge in [-0.2, -0.15) is 0 Å². The number of piperidine rings is 1. The van der Waals surface area contributed by atoms with Crippen molar-refractivity contribution >= 4 is 18.4 Å². The minimum Gasteiger partial charge on any atom is -0.481 e. The van der Waals surface area contributed by atoms with Crippen molar-refractivity contribution in [3.05, 3.63) is 108 Å². The Morgan fingerprint density at radius 3 is 1.79 bits per heavy atom. The van der Waals surface area contributed by atoms with Gasteiger partial charge in [0.05, 0.1) is 12.0 Å². The highest BCUT2D eigenvalue weighted by Gasteiger charge is 2.40. The molecule has 1 aliphatic rings. The summed E-state index contributed by atoms with van der Waals surface area (Å²) in [5, 5.41) is 9.98. The first kappa shape index (κ1) is 21.1. The number of carboxylic acid groups (broad SMARTS) is 1. The van der Waals surface area contributed by atoms with Gasteiger partial charge in [-0.1, -0.05) is 91.0 Å². The standard InChI is InChI=1S/C25H25NO2.ClH/c27-25(28)22-17-10-18-26(24(22)21-15-8-3-9-16-21)23(19-11-4-1-5-12-19)20-13-6-2-7-14-20;/h1-9,11-16,22-24H,10,17-18H2,(H,27,28);1H. The summed E-state index contributed by atoms with van der Waals surface area (Å²) < 4.78 is 0. The van der Waals surface area contributed by atoms with Gasteiger partial charge in [0, 0.05) is 6.04 Å². The molecule has 0 aliphatic carbocycles. The largest absolute Gasteiger partial charge is 0.481 e. The first-order chi connectivity index (χ1) is 13.8. The highest BCUT2D eigenvalue weighted by molar-refractivity contribution is 5.85. The van der Waals surface area contributed by atoms with E-state index in [4.69, 9.17) is 0 Å². The van der Waals surface area contributed by atoms with Crippen LogP contribution in [0.1, 0.15) is 41.6 Å². The fraction of sp³-hybridized carbons (Fsp3) is 0.240. The highest BCUT2D eigenvalue weighted by atomic mass is 35.5. The number of rotatable bonds is 5. The molecule has 2 atom stereocenters. The fourth-order valence-electron chi connectivity index (χ4n) is 4.49. The Bertz CT molecular complexity index is 862.